The zero-order valence-corrected chi connectivity index (χ0v) is 15.4. The molecule has 1 aromatic heterocycles. The maximum atomic E-state index is 15.1. The molecule has 2 aromatic rings. The van der Waals surface area contributed by atoms with E-state index < -0.39 is 28.5 Å². The average molecular weight is 396 g/mol. The smallest absolute Gasteiger partial charge is 0.341 e. The number of benzene rings is 1. The van der Waals surface area contributed by atoms with Crippen LogP contribution in [0.4, 0.5) is 10.1 Å². The number of piperazine rings is 1. The maximum absolute atomic E-state index is 15.1. The van der Waals surface area contributed by atoms with Crippen LogP contribution in [-0.2, 0) is 0 Å². The van der Waals surface area contributed by atoms with Gasteiger partial charge in [-0.2, -0.15) is 0 Å². The molecule has 144 valence electrons. The lowest BCUT2D eigenvalue weighted by Crippen LogP contribution is -2.49. The monoisotopic (exact) mass is 395 g/mol. The van der Waals surface area contributed by atoms with Crippen molar-refractivity contribution in [1.82, 2.24) is 9.88 Å². The number of pyridine rings is 1. The minimum Gasteiger partial charge on any atom is -0.504 e. The summed E-state index contributed by atoms with van der Waals surface area (Å²) >= 11 is 6.56. The SMILES string of the molecule is CC1CN(c2c(F)c(O)c3c(=O)c(C(=O)O)cn(C4CC4)c3c2Cl)CCN1. The number of nitrogens with one attached hydrogen (secondary N) is 1. The number of phenolic OH excluding ortho intramolecular Hbond substituents is 1. The second kappa shape index (κ2) is 6.38. The summed E-state index contributed by atoms with van der Waals surface area (Å²) in [6, 6.07) is 0.0791. The predicted molar refractivity (Wildman–Crippen MR) is 99.7 cm³/mol. The summed E-state index contributed by atoms with van der Waals surface area (Å²) < 4.78 is 16.7. The van der Waals surface area contributed by atoms with Crippen LogP contribution in [0.1, 0.15) is 36.2 Å². The summed E-state index contributed by atoms with van der Waals surface area (Å²) in [5, 5.41) is 22.7. The largest absolute Gasteiger partial charge is 0.504 e. The Balaban J connectivity index is 2.06. The van der Waals surface area contributed by atoms with Gasteiger partial charge in [-0.1, -0.05) is 11.6 Å². The first-order chi connectivity index (χ1) is 12.8. The highest BCUT2D eigenvalue weighted by atomic mass is 35.5. The number of nitrogens with zero attached hydrogens (tertiary/aromatic N) is 2. The van der Waals surface area contributed by atoms with E-state index in [1.165, 1.54) is 6.20 Å². The molecule has 0 radical (unpaired) electrons. The first-order valence-corrected chi connectivity index (χ1v) is 9.19. The zero-order valence-electron chi connectivity index (χ0n) is 14.6. The number of halogens is 2. The van der Waals surface area contributed by atoms with Gasteiger partial charge in [0.1, 0.15) is 5.56 Å². The van der Waals surface area contributed by atoms with Crippen molar-refractivity contribution in [3.05, 3.63) is 32.8 Å². The normalized spacial score (nSPS) is 20.3. The molecule has 0 spiro atoms. The molecule has 2 fully saturated rings. The number of carbonyl (C=O) groups is 1. The van der Waals surface area contributed by atoms with Gasteiger partial charge in [-0.15, -0.1) is 0 Å². The van der Waals surface area contributed by atoms with Gasteiger partial charge < -0.3 is 25.0 Å². The molecule has 7 nitrogen and oxygen atoms in total. The number of hydrogen-bond donors (Lipinski definition) is 3. The topological polar surface area (TPSA) is 94.8 Å². The Morgan fingerprint density at radius 3 is 2.70 bits per heavy atom. The molecule has 1 saturated heterocycles. The second-order valence-electron chi connectivity index (χ2n) is 7.17. The van der Waals surface area contributed by atoms with Crippen LogP contribution in [0.2, 0.25) is 5.02 Å². The molecular formula is C18H19ClFN3O4. The standard InChI is InChI=1S/C18H19ClFN3O4/c1-8-6-22(5-4-21-8)15-12(19)14-11(17(25)13(15)20)16(24)10(18(26)27)7-23(14)9-2-3-9/h7-9,21,25H,2-6H2,1H3,(H,26,27). The summed E-state index contributed by atoms with van der Waals surface area (Å²) in [5.74, 6) is -3.27. The van der Waals surface area contributed by atoms with E-state index in [0.717, 1.165) is 12.8 Å². The first-order valence-electron chi connectivity index (χ1n) is 8.81. The number of phenols is 1. The quantitative estimate of drug-likeness (QED) is 0.738. The third-order valence-corrected chi connectivity index (χ3v) is 5.52. The fraction of sp³-hybridized carbons (Fsp3) is 0.444. The third-order valence-electron chi connectivity index (χ3n) is 5.16. The van der Waals surface area contributed by atoms with Gasteiger partial charge in [0.25, 0.3) is 0 Å². The lowest BCUT2D eigenvalue weighted by molar-refractivity contribution is 0.0695. The highest BCUT2D eigenvalue weighted by molar-refractivity contribution is 6.38. The van der Waals surface area contributed by atoms with E-state index in [4.69, 9.17) is 11.6 Å². The number of rotatable bonds is 3. The molecule has 1 aliphatic carbocycles. The fourth-order valence-corrected chi connectivity index (χ4v) is 4.11. The van der Waals surface area contributed by atoms with Crippen molar-refractivity contribution in [2.75, 3.05) is 24.5 Å². The molecule has 1 saturated carbocycles. The highest BCUT2D eigenvalue weighted by Crippen LogP contribution is 2.45. The molecule has 2 heterocycles. The van der Waals surface area contributed by atoms with Crippen LogP contribution in [0.15, 0.2) is 11.0 Å². The molecule has 0 amide bonds. The van der Waals surface area contributed by atoms with Gasteiger partial charge in [0, 0.05) is 37.9 Å². The number of hydrogen-bond acceptors (Lipinski definition) is 5. The Hall–Kier alpha value is -2.32. The number of carboxylic acid groups (broad SMARTS) is 1. The number of anilines is 1. The Kier molecular flexibility index (Phi) is 4.27. The molecule has 1 aromatic carbocycles. The molecule has 0 bridgehead atoms. The number of aromatic carboxylic acids is 1. The zero-order chi connectivity index (χ0) is 19.5. The van der Waals surface area contributed by atoms with Gasteiger partial charge in [-0.25, -0.2) is 9.18 Å². The van der Waals surface area contributed by atoms with Crippen molar-refractivity contribution in [3.63, 3.8) is 0 Å². The van der Waals surface area contributed by atoms with Crippen LogP contribution >= 0.6 is 11.6 Å². The van der Waals surface area contributed by atoms with Gasteiger partial charge in [0.05, 0.1) is 21.6 Å². The Bertz CT molecular complexity index is 1020. The van der Waals surface area contributed by atoms with E-state index in [0.29, 0.717) is 19.6 Å². The Morgan fingerprint density at radius 1 is 1.41 bits per heavy atom. The van der Waals surface area contributed by atoms with Crippen molar-refractivity contribution < 1.29 is 19.4 Å². The van der Waals surface area contributed by atoms with Crippen molar-refractivity contribution >= 4 is 34.2 Å². The van der Waals surface area contributed by atoms with Crippen LogP contribution in [0.25, 0.3) is 10.9 Å². The molecule has 3 N–H and O–H groups in total. The molecule has 4 rings (SSSR count). The summed E-state index contributed by atoms with van der Waals surface area (Å²) in [6.07, 6.45) is 2.84. The maximum Gasteiger partial charge on any atom is 0.341 e. The average Bonchev–Trinajstić information content (AvgIpc) is 3.44. The van der Waals surface area contributed by atoms with Crippen molar-refractivity contribution in [1.29, 1.82) is 0 Å². The van der Waals surface area contributed by atoms with Crippen molar-refractivity contribution in [3.8, 4) is 5.75 Å². The van der Waals surface area contributed by atoms with E-state index in [-0.39, 0.29) is 33.7 Å². The minimum atomic E-state index is -1.42. The van der Waals surface area contributed by atoms with Crippen molar-refractivity contribution in [2.45, 2.75) is 31.8 Å². The van der Waals surface area contributed by atoms with Gasteiger partial charge in [0.15, 0.2) is 11.6 Å². The summed E-state index contributed by atoms with van der Waals surface area (Å²) in [5.41, 5.74) is -1.21. The number of aromatic nitrogens is 1. The third kappa shape index (κ3) is 2.83. The highest BCUT2D eigenvalue weighted by Gasteiger charge is 2.33. The van der Waals surface area contributed by atoms with Crippen LogP contribution in [0, 0.1) is 5.82 Å². The number of carboxylic acids is 1. The van der Waals surface area contributed by atoms with Crippen molar-refractivity contribution in [2.24, 2.45) is 0 Å². The van der Waals surface area contributed by atoms with E-state index in [1.54, 1.807) is 9.47 Å². The molecule has 1 aliphatic heterocycles. The molecule has 2 aliphatic rings. The van der Waals surface area contributed by atoms with E-state index in [1.807, 2.05) is 6.92 Å². The lowest BCUT2D eigenvalue weighted by Gasteiger charge is -2.34. The van der Waals surface area contributed by atoms with Gasteiger partial charge in [0.2, 0.25) is 5.43 Å². The first kappa shape index (κ1) is 18.1. The van der Waals surface area contributed by atoms with E-state index in [2.05, 4.69) is 5.32 Å². The lowest BCUT2D eigenvalue weighted by atomic mass is 10.1. The fourth-order valence-electron chi connectivity index (χ4n) is 3.71. The van der Waals surface area contributed by atoms with E-state index >= 15 is 4.39 Å². The van der Waals surface area contributed by atoms with Crippen LogP contribution in [-0.4, -0.2) is 46.4 Å². The molecular weight excluding hydrogens is 377 g/mol. The predicted octanol–water partition coefficient (Wildman–Crippen LogP) is 2.33. The Morgan fingerprint density at radius 2 is 2.11 bits per heavy atom. The molecule has 1 atom stereocenters. The summed E-state index contributed by atoms with van der Waals surface area (Å²) in [6.45, 7) is 3.57. The van der Waals surface area contributed by atoms with Gasteiger partial charge in [-0.05, 0) is 19.8 Å². The van der Waals surface area contributed by atoms with Crippen LogP contribution < -0.4 is 15.6 Å². The second-order valence-corrected chi connectivity index (χ2v) is 7.54. The number of fused-ring (bicyclic) bond motifs is 1. The summed E-state index contributed by atoms with van der Waals surface area (Å²) in [7, 11) is 0. The molecule has 9 heteroatoms. The van der Waals surface area contributed by atoms with E-state index in [9.17, 15) is 19.8 Å². The summed E-state index contributed by atoms with van der Waals surface area (Å²) in [4.78, 5) is 25.8. The van der Waals surface area contributed by atoms with Gasteiger partial charge in [-0.3, -0.25) is 4.79 Å². The van der Waals surface area contributed by atoms with Crippen LogP contribution in [0.5, 0.6) is 5.75 Å². The van der Waals surface area contributed by atoms with Crippen LogP contribution in [0.3, 0.4) is 0 Å². The minimum absolute atomic E-state index is 0.0235. The van der Waals surface area contributed by atoms with Gasteiger partial charge >= 0.3 is 5.97 Å². The Labute approximate surface area is 159 Å². The number of aromatic hydroxyl groups is 1. The molecule has 1 unspecified atom stereocenters. The molecule has 27 heavy (non-hydrogen) atoms.